The van der Waals surface area contributed by atoms with Crippen LogP contribution in [0.5, 0.6) is 0 Å². The van der Waals surface area contributed by atoms with Crippen LogP contribution in [0.1, 0.15) is 52.9 Å². The minimum absolute atomic E-state index is 0.370. The molecule has 1 aliphatic heterocycles. The van der Waals surface area contributed by atoms with E-state index < -0.39 is 0 Å². The van der Waals surface area contributed by atoms with E-state index in [1.165, 1.54) is 45.2 Å². The number of hydrogen-bond donors (Lipinski definition) is 1. The van der Waals surface area contributed by atoms with Gasteiger partial charge >= 0.3 is 0 Å². The summed E-state index contributed by atoms with van der Waals surface area (Å²) in [6.07, 6.45) is 6.61. The van der Waals surface area contributed by atoms with Gasteiger partial charge in [-0.05, 0) is 51.1 Å². The zero-order valence-corrected chi connectivity index (χ0v) is 13.8. The summed E-state index contributed by atoms with van der Waals surface area (Å²) < 4.78 is 5.75. The Hall–Kier alpha value is -0.120. The zero-order chi connectivity index (χ0) is 14.4. The van der Waals surface area contributed by atoms with E-state index in [4.69, 9.17) is 4.74 Å². The lowest BCUT2D eigenvalue weighted by Gasteiger charge is -2.35. The summed E-state index contributed by atoms with van der Waals surface area (Å²) in [7, 11) is 0. The Kier molecular flexibility index (Phi) is 6.31. The van der Waals surface area contributed by atoms with Gasteiger partial charge in [-0.2, -0.15) is 0 Å². The van der Waals surface area contributed by atoms with Crippen molar-refractivity contribution in [2.24, 2.45) is 11.3 Å². The van der Waals surface area contributed by atoms with Gasteiger partial charge in [-0.1, -0.05) is 20.8 Å². The van der Waals surface area contributed by atoms with Crippen molar-refractivity contribution in [2.75, 3.05) is 39.4 Å². The van der Waals surface area contributed by atoms with Crippen molar-refractivity contribution < 1.29 is 4.74 Å². The normalized spacial score (nSPS) is 26.9. The van der Waals surface area contributed by atoms with Crippen LogP contribution in [0.25, 0.3) is 0 Å². The Morgan fingerprint density at radius 2 is 2.15 bits per heavy atom. The van der Waals surface area contributed by atoms with Crippen LogP contribution in [0, 0.1) is 11.3 Å². The standard InChI is InChI=1S/C17H34N2O/c1-4-9-18-12-17(8-11-20-14-17)13-19(16-5-6-16)10-7-15(2)3/h15-16,18H,4-14H2,1-3H3. The first kappa shape index (κ1) is 16.3. The molecule has 20 heavy (non-hydrogen) atoms. The fourth-order valence-electron chi connectivity index (χ4n) is 3.19. The first-order valence-corrected chi connectivity index (χ1v) is 8.68. The molecule has 1 unspecified atom stereocenters. The van der Waals surface area contributed by atoms with Crippen molar-refractivity contribution in [2.45, 2.75) is 58.9 Å². The van der Waals surface area contributed by atoms with Crippen LogP contribution in [-0.2, 0) is 4.74 Å². The highest BCUT2D eigenvalue weighted by molar-refractivity contribution is 4.93. The summed E-state index contributed by atoms with van der Waals surface area (Å²) >= 11 is 0. The molecule has 1 saturated heterocycles. The molecule has 0 spiro atoms. The molecule has 1 atom stereocenters. The quantitative estimate of drug-likeness (QED) is 0.624. The van der Waals surface area contributed by atoms with Gasteiger partial charge in [0.15, 0.2) is 0 Å². The third-order valence-electron chi connectivity index (χ3n) is 4.71. The highest BCUT2D eigenvalue weighted by atomic mass is 16.5. The Bertz CT molecular complexity index is 270. The maximum absolute atomic E-state index is 5.75. The molecule has 0 aromatic rings. The van der Waals surface area contributed by atoms with Crippen molar-refractivity contribution in [1.82, 2.24) is 10.2 Å². The van der Waals surface area contributed by atoms with Crippen LogP contribution >= 0.6 is 0 Å². The summed E-state index contributed by atoms with van der Waals surface area (Å²) in [5.41, 5.74) is 0.370. The summed E-state index contributed by atoms with van der Waals surface area (Å²) in [6, 6.07) is 0.873. The molecule has 0 aromatic carbocycles. The molecule has 2 fully saturated rings. The number of nitrogens with zero attached hydrogens (tertiary/aromatic N) is 1. The van der Waals surface area contributed by atoms with Gasteiger partial charge in [0.1, 0.15) is 0 Å². The van der Waals surface area contributed by atoms with E-state index in [-0.39, 0.29) is 0 Å². The Balaban J connectivity index is 1.86. The van der Waals surface area contributed by atoms with Crippen LogP contribution in [0.3, 0.4) is 0 Å². The summed E-state index contributed by atoms with van der Waals surface area (Å²) in [6.45, 7) is 13.6. The molecule has 3 nitrogen and oxygen atoms in total. The van der Waals surface area contributed by atoms with E-state index in [1.807, 2.05) is 0 Å². The predicted octanol–water partition coefficient (Wildman–Crippen LogP) is 2.90. The van der Waals surface area contributed by atoms with E-state index in [0.717, 1.165) is 38.3 Å². The molecule has 2 rings (SSSR count). The van der Waals surface area contributed by atoms with Crippen molar-refractivity contribution in [3.8, 4) is 0 Å². The van der Waals surface area contributed by atoms with Crippen LogP contribution in [0.15, 0.2) is 0 Å². The summed E-state index contributed by atoms with van der Waals surface area (Å²) in [4.78, 5) is 2.77. The zero-order valence-electron chi connectivity index (χ0n) is 13.8. The molecular weight excluding hydrogens is 248 g/mol. The molecule has 1 saturated carbocycles. The van der Waals surface area contributed by atoms with E-state index >= 15 is 0 Å². The number of ether oxygens (including phenoxy) is 1. The lowest BCUT2D eigenvalue weighted by atomic mass is 9.86. The monoisotopic (exact) mass is 282 g/mol. The van der Waals surface area contributed by atoms with Crippen molar-refractivity contribution in [3.63, 3.8) is 0 Å². The SMILES string of the molecule is CCCNCC1(CN(CCC(C)C)C2CC2)CCOC1. The van der Waals surface area contributed by atoms with E-state index in [1.54, 1.807) is 0 Å². The fourth-order valence-corrected chi connectivity index (χ4v) is 3.19. The summed E-state index contributed by atoms with van der Waals surface area (Å²) in [5.74, 6) is 0.810. The number of nitrogens with one attached hydrogen (secondary N) is 1. The molecule has 0 aromatic heterocycles. The number of rotatable bonds is 10. The highest BCUT2D eigenvalue weighted by Crippen LogP contribution is 2.34. The number of hydrogen-bond acceptors (Lipinski definition) is 3. The molecule has 2 aliphatic rings. The van der Waals surface area contributed by atoms with Gasteiger partial charge < -0.3 is 10.1 Å². The lowest BCUT2D eigenvalue weighted by Crippen LogP contribution is -2.46. The second kappa shape index (κ2) is 7.77. The molecule has 1 heterocycles. The first-order valence-electron chi connectivity index (χ1n) is 8.68. The Morgan fingerprint density at radius 3 is 2.70 bits per heavy atom. The van der Waals surface area contributed by atoms with Crippen LogP contribution in [-0.4, -0.2) is 50.3 Å². The van der Waals surface area contributed by atoms with Crippen LogP contribution in [0.2, 0.25) is 0 Å². The van der Waals surface area contributed by atoms with E-state index in [9.17, 15) is 0 Å². The molecule has 0 radical (unpaired) electrons. The molecule has 3 heteroatoms. The largest absolute Gasteiger partial charge is 0.381 e. The average molecular weight is 282 g/mol. The van der Waals surface area contributed by atoms with Gasteiger partial charge in [0, 0.05) is 31.2 Å². The third kappa shape index (κ3) is 5.01. The van der Waals surface area contributed by atoms with Crippen molar-refractivity contribution >= 4 is 0 Å². The van der Waals surface area contributed by atoms with Gasteiger partial charge in [0.2, 0.25) is 0 Å². The van der Waals surface area contributed by atoms with E-state index in [0.29, 0.717) is 5.41 Å². The molecule has 1 N–H and O–H groups in total. The molecular formula is C17H34N2O. The van der Waals surface area contributed by atoms with E-state index in [2.05, 4.69) is 31.0 Å². The summed E-state index contributed by atoms with van der Waals surface area (Å²) in [5, 5.41) is 3.64. The third-order valence-corrected chi connectivity index (χ3v) is 4.71. The molecule has 0 amide bonds. The highest BCUT2D eigenvalue weighted by Gasteiger charge is 2.40. The second-order valence-electron chi connectivity index (χ2n) is 7.36. The fraction of sp³-hybridized carbons (Fsp3) is 1.00. The average Bonchev–Trinajstić information content (AvgIpc) is 3.16. The minimum Gasteiger partial charge on any atom is -0.381 e. The molecule has 1 aliphatic carbocycles. The smallest absolute Gasteiger partial charge is 0.0547 e. The van der Waals surface area contributed by atoms with Gasteiger partial charge in [0.25, 0.3) is 0 Å². The van der Waals surface area contributed by atoms with Crippen molar-refractivity contribution in [1.29, 1.82) is 0 Å². The topological polar surface area (TPSA) is 24.5 Å². The minimum atomic E-state index is 0.370. The first-order chi connectivity index (χ1) is 9.65. The second-order valence-corrected chi connectivity index (χ2v) is 7.36. The maximum Gasteiger partial charge on any atom is 0.0547 e. The predicted molar refractivity (Wildman–Crippen MR) is 85.1 cm³/mol. The van der Waals surface area contributed by atoms with Gasteiger partial charge in [0.05, 0.1) is 6.61 Å². The van der Waals surface area contributed by atoms with Gasteiger partial charge in [-0.3, -0.25) is 4.90 Å². The maximum atomic E-state index is 5.75. The Labute approximate surface area is 125 Å². The van der Waals surface area contributed by atoms with Crippen LogP contribution < -0.4 is 5.32 Å². The van der Waals surface area contributed by atoms with Crippen molar-refractivity contribution in [3.05, 3.63) is 0 Å². The van der Waals surface area contributed by atoms with Crippen LogP contribution in [0.4, 0.5) is 0 Å². The lowest BCUT2D eigenvalue weighted by molar-refractivity contribution is 0.102. The van der Waals surface area contributed by atoms with Gasteiger partial charge in [-0.15, -0.1) is 0 Å². The van der Waals surface area contributed by atoms with Gasteiger partial charge in [-0.25, -0.2) is 0 Å². The molecule has 0 bridgehead atoms. The molecule has 118 valence electrons. The Morgan fingerprint density at radius 1 is 1.35 bits per heavy atom.